The van der Waals surface area contributed by atoms with E-state index in [1.54, 1.807) is 6.08 Å². The Morgan fingerprint density at radius 3 is 2.02 bits per heavy atom. The zero-order valence-electron chi connectivity index (χ0n) is 30.0. The first-order chi connectivity index (χ1) is 23.2. The van der Waals surface area contributed by atoms with Crippen LogP contribution < -0.4 is 0 Å². The Morgan fingerprint density at radius 1 is 0.735 bits per heavy atom. The summed E-state index contributed by atoms with van der Waals surface area (Å²) in [6.07, 6.45) is 7.00. The zero-order chi connectivity index (χ0) is 35.7. The van der Waals surface area contributed by atoms with Crippen molar-refractivity contribution in [3.8, 4) is 0 Å². The molecule has 5 rings (SSSR count). The van der Waals surface area contributed by atoms with Crippen molar-refractivity contribution in [2.24, 2.45) is 40.4 Å². The molecular formula is C37H54O12. The van der Waals surface area contributed by atoms with Crippen molar-refractivity contribution in [2.45, 2.75) is 136 Å². The van der Waals surface area contributed by atoms with E-state index in [-0.39, 0.29) is 29.5 Å². The lowest BCUT2D eigenvalue weighted by Gasteiger charge is -2.61. The minimum atomic E-state index is -1.25. The molecule has 4 saturated carbocycles. The molecule has 5 fully saturated rings. The van der Waals surface area contributed by atoms with Crippen LogP contribution in [0.15, 0.2) is 12.2 Å². The quantitative estimate of drug-likeness (QED) is 0.141. The van der Waals surface area contributed by atoms with Gasteiger partial charge >= 0.3 is 29.8 Å². The van der Waals surface area contributed by atoms with Crippen LogP contribution in [0.1, 0.15) is 99.3 Å². The van der Waals surface area contributed by atoms with Gasteiger partial charge in [0.1, 0.15) is 12.7 Å². The molecule has 49 heavy (non-hydrogen) atoms. The van der Waals surface area contributed by atoms with E-state index >= 15 is 0 Å². The molecule has 12 heteroatoms. The third kappa shape index (κ3) is 7.85. The third-order valence-electron chi connectivity index (χ3n) is 12.6. The van der Waals surface area contributed by atoms with Gasteiger partial charge in [0.2, 0.25) is 0 Å². The fourth-order valence-corrected chi connectivity index (χ4v) is 10.4. The van der Waals surface area contributed by atoms with E-state index in [1.807, 2.05) is 0 Å². The Balaban J connectivity index is 1.32. The van der Waals surface area contributed by atoms with E-state index in [0.29, 0.717) is 29.6 Å². The van der Waals surface area contributed by atoms with Gasteiger partial charge < -0.3 is 33.2 Å². The summed E-state index contributed by atoms with van der Waals surface area (Å²) in [5.41, 5.74) is 0.343. The van der Waals surface area contributed by atoms with Gasteiger partial charge in [-0.25, -0.2) is 4.79 Å². The highest BCUT2D eigenvalue weighted by molar-refractivity contribution is 5.81. The number of fused-ring (bicyclic) bond motifs is 5. The molecule has 4 aliphatic carbocycles. The van der Waals surface area contributed by atoms with Crippen LogP contribution in [-0.4, -0.2) is 80.4 Å². The lowest BCUT2D eigenvalue weighted by Crippen LogP contribution is -2.63. The van der Waals surface area contributed by atoms with Crippen LogP contribution in [0.25, 0.3) is 0 Å². The molecule has 0 aromatic rings. The van der Waals surface area contributed by atoms with Crippen LogP contribution in [0.4, 0.5) is 0 Å². The average Bonchev–Trinajstić information content (AvgIpc) is 3.37. The molecule has 1 heterocycles. The zero-order valence-corrected chi connectivity index (χ0v) is 30.0. The molecule has 0 amide bonds. The Morgan fingerprint density at radius 2 is 1.37 bits per heavy atom. The molecule has 5 aliphatic rings. The molecule has 0 radical (unpaired) electrons. The highest BCUT2D eigenvalue weighted by Gasteiger charge is 2.60. The lowest BCUT2D eigenvalue weighted by atomic mass is 9.44. The van der Waals surface area contributed by atoms with Crippen LogP contribution >= 0.6 is 0 Å². The standard InChI is InChI=1S/C37H54O12/c1-20(38)44-19-30-32(45-21(2)39)33(46-22(3)40)34(47-23(4)41)35(49-30)48-26-14-16-37(6)25(18-26)8-11-27-28-12-9-24(10-13-31(42)43-7)36(28,5)17-15-29(27)37/h10,13,24-30,32-35H,8-9,11-12,14-19H2,1-7H3/b13-10+/t24-,25-,26-,27+,28+,29+,30-,32-,33+,34-,35-,36-,37+/m1/s1. The minimum Gasteiger partial charge on any atom is -0.466 e. The van der Waals surface area contributed by atoms with Gasteiger partial charge in [0, 0.05) is 33.8 Å². The summed E-state index contributed by atoms with van der Waals surface area (Å²) in [6, 6.07) is 0. The van der Waals surface area contributed by atoms with Gasteiger partial charge in [-0.1, -0.05) is 19.9 Å². The van der Waals surface area contributed by atoms with Gasteiger partial charge in [-0.2, -0.15) is 0 Å². The normalized spacial score (nSPS) is 41.4. The summed E-state index contributed by atoms with van der Waals surface area (Å²) in [7, 11) is 1.42. The van der Waals surface area contributed by atoms with E-state index in [1.165, 1.54) is 47.6 Å². The van der Waals surface area contributed by atoms with E-state index in [4.69, 9.17) is 33.2 Å². The molecule has 0 aromatic carbocycles. The highest BCUT2D eigenvalue weighted by Crippen LogP contribution is 2.67. The topological polar surface area (TPSA) is 150 Å². The van der Waals surface area contributed by atoms with Crippen LogP contribution in [0.2, 0.25) is 0 Å². The monoisotopic (exact) mass is 690 g/mol. The molecular weight excluding hydrogens is 636 g/mol. The second-order valence-corrected chi connectivity index (χ2v) is 15.4. The van der Waals surface area contributed by atoms with Gasteiger partial charge in [0.25, 0.3) is 0 Å². The fourth-order valence-electron chi connectivity index (χ4n) is 10.4. The van der Waals surface area contributed by atoms with Crippen molar-refractivity contribution < 1.29 is 57.1 Å². The highest BCUT2D eigenvalue weighted by atomic mass is 16.7. The van der Waals surface area contributed by atoms with Gasteiger partial charge in [-0.15, -0.1) is 0 Å². The number of rotatable bonds is 9. The minimum absolute atomic E-state index is 0.158. The van der Waals surface area contributed by atoms with Crippen molar-refractivity contribution in [1.82, 2.24) is 0 Å². The molecule has 0 bridgehead atoms. The second-order valence-electron chi connectivity index (χ2n) is 15.4. The molecule has 274 valence electrons. The Bertz CT molecular complexity index is 1300. The van der Waals surface area contributed by atoms with Crippen LogP contribution in [0.5, 0.6) is 0 Å². The predicted octanol–water partition coefficient (Wildman–Crippen LogP) is 4.84. The number of hydrogen-bond donors (Lipinski definition) is 0. The number of hydrogen-bond acceptors (Lipinski definition) is 12. The third-order valence-corrected chi connectivity index (χ3v) is 12.6. The fraction of sp³-hybridized carbons (Fsp3) is 0.811. The van der Waals surface area contributed by atoms with Crippen LogP contribution in [0.3, 0.4) is 0 Å². The molecule has 12 nitrogen and oxygen atoms in total. The van der Waals surface area contributed by atoms with Gasteiger partial charge in [-0.05, 0) is 98.2 Å². The summed E-state index contributed by atoms with van der Waals surface area (Å²) in [5, 5.41) is 0. The van der Waals surface area contributed by atoms with Gasteiger partial charge in [0.05, 0.1) is 13.2 Å². The largest absolute Gasteiger partial charge is 0.466 e. The van der Waals surface area contributed by atoms with Crippen LogP contribution in [-0.2, 0) is 57.1 Å². The molecule has 0 unspecified atom stereocenters. The smallest absolute Gasteiger partial charge is 0.330 e. The lowest BCUT2D eigenvalue weighted by molar-refractivity contribution is -0.321. The van der Waals surface area contributed by atoms with Crippen molar-refractivity contribution in [3.05, 3.63) is 12.2 Å². The molecule has 1 saturated heterocycles. The van der Waals surface area contributed by atoms with E-state index < -0.39 is 54.6 Å². The Kier molecular flexibility index (Phi) is 11.5. The summed E-state index contributed by atoms with van der Waals surface area (Å²) in [4.78, 5) is 60.2. The maximum absolute atomic E-state index is 12.3. The number of esters is 5. The summed E-state index contributed by atoms with van der Waals surface area (Å²) in [6.45, 7) is 9.49. The van der Waals surface area contributed by atoms with Crippen LogP contribution in [0, 0.1) is 40.4 Å². The van der Waals surface area contributed by atoms with Crippen molar-refractivity contribution >= 4 is 29.8 Å². The molecule has 0 spiro atoms. The van der Waals surface area contributed by atoms with Crippen molar-refractivity contribution in [3.63, 3.8) is 0 Å². The maximum Gasteiger partial charge on any atom is 0.330 e. The first-order valence-electron chi connectivity index (χ1n) is 17.9. The van der Waals surface area contributed by atoms with Gasteiger partial charge in [0.15, 0.2) is 24.6 Å². The molecule has 13 atom stereocenters. The molecule has 0 N–H and O–H groups in total. The van der Waals surface area contributed by atoms with E-state index in [2.05, 4.69) is 19.9 Å². The number of methoxy groups -OCH3 is 1. The Hall–Kier alpha value is -2.99. The first-order valence-corrected chi connectivity index (χ1v) is 17.9. The maximum atomic E-state index is 12.3. The van der Waals surface area contributed by atoms with E-state index in [9.17, 15) is 24.0 Å². The van der Waals surface area contributed by atoms with Gasteiger partial charge in [-0.3, -0.25) is 19.2 Å². The first kappa shape index (κ1) is 37.3. The molecule has 0 aromatic heterocycles. The van der Waals surface area contributed by atoms with Crippen molar-refractivity contribution in [1.29, 1.82) is 0 Å². The summed E-state index contributed by atoms with van der Waals surface area (Å²) < 4.78 is 39.7. The number of allylic oxidation sites excluding steroid dienone is 1. The van der Waals surface area contributed by atoms with E-state index in [0.717, 1.165) is 44.9 Å². The number of carbonyl (C=O) groups excluding carboxylic acids is 5. The van der Waals surface area contributed by atoms with Crippen molar-refractivity contribution in [2.75, 3.05) is 13.7 Å². The number of ether oxygens (including phenoxy) is 7. The number of carbonyl (C=O) groups is 5. The second kappa shape index (κ2) is 15.1. The average molecular weight is 691 g/mol. The SMILES string of the molecule is COC(=O)/C=C/[C@H]1CC[C@H]2[C@@H]3CC[C@@H]4C[C@H](O[C@@H]5O[C@H](COC(C)=O)[C@@H](OC(C)=O)[C@H](OC(C)=O)[C@H]5OC(C)=O)CC[C@]4(C)[C@H]3CC[C@]12C. The summed E-state index contributed by atoms with van der Waals surface area (Å²) in [5.74, 6) is -0.151. The Labute approximate surface area is 289 Å². The predicted molar refractivity (Wildman–Crippen MR) is 173 cm³/mol. The molecule has 1 aliphatic heterocycles. The summed E-state index contributed by atoms with van der Waals surface area (Å²) >= 11 is 0.